The Morgan fingerprint density at radius 1 is 0.971 bits per heavy atom. The van der Waals surface area contributed by atoms with E-state index >= 15 is 0 Å². The number of carbonyl (C=O) groups is 1. The Kier molecular flexibility index (Phi) is 8.15. The molecule has 0 aliphatic heterocycles. The second kappa shape index (κ2) is 11.7. The van der Waals surface area contributed by atoms with Gasteiger partial charge in [-0.25, -0.2) is 4.39 Å². The lowest BCUT2D eigenvalue weighted by Gasteiger charge is -2.17. The lowest BCUT2D eigenvalue weighted by Crippen LogP contribution is -2.27. The number of aromatic nitrogens is 3. The maximum atomic E-state index is 13.2. The third kappa shape index (κ3) is 6.48. The summed E-state index contributed by atoms with van der Waals surface area (Å²) in [7, 11) is 1.74. The maximum absolute atomic E-state index is 13.2. The maximum Gasteiger partial charge on any atom is 0.233 e. The van der Waals surface area contributed by atoms with E-state index in [1.807, 2.05) is 54.0 Å². The van der Waals surface area contributed by atoms with Crippen LogP contribution in [0.2, 0.25) is 0 Å². The highest BCUT2D eigenvalue weighted by molar-refractivity contribution is 7.99. The molecule has 35 heavy (non-hydrogen) atoms. The molecule has 0 fully saturated rings. The first kappa shape index (κ1) is 24.5. The fourth-order valence-electron chi connectivity index (χ4n) is 3.59. The zero-order valence-electron chi connectivity index (χ0n) is 19.7. The zero-order valence-corrected chi connectivity index (χ0v) is 20.5. The van der Waals surface area contributed by atoms with Crippen LogP contribution in [0.5, 0.6) is 5.75 Å². The quantitative estimate of drug-likeness (QED) is 0.288. The number of hydrogen-bond donors (Lipinski definition) is 0. The van der Waals surface area contributed by atoms with Gasteiger partial charge in [0.2, 0.25) is 5.91 Å². The van der Waals surface area contributed by atoms with Crippen molar-refractivity contribution in [2.24, 2.45) is 0 Å². The smallest absolute Gasteiger partial charge is 0.233 e. The molecule has 0 aliphatic rings. The lowest BCUT2D eigenvalue weighted by molar-refractivity contribution is -0.127. The Bertz CT molecular complexity index is 1240. The molecule has 4 rings (SSSR count). The van der Waals surface area contributed by atoms with Crippen LogP contribution in [0.4, 0.5) is 4.39 Å². The van der Waals surface area contributed by atoms with Crippen LogP contribution in [0.3, 0.4) is 0 Å². The van der Waals surface area contributed by atoms with Gasteiger partial charge >= 0.3 is 0 Å². The molecule has 0 spiro atoms. The summed E-state index contributed by atoms with van der Waals surface area (Å²) in [4.78, 5) is 14.4. The van der Waals surface area contributed by atoms with Gasteiger partial charge in [-0.15, -0.1) is 10.2 Å². The van der Waals surface area contributed by atoms with Crippen LogP contribution in [-0.4, -0.2) is 45.0 Å². The summed E-state index contributed by atoms with van der Waals surface area (Å²) >= 11 is 1.34. The van der Waals surface area contributed by atoms with Gasteiger partial charge in [0, 0.05) is 25.7 Å². The minimum atomic E-state index is -0.293. The predicted molar refractivity (Wildman–Crippen MR) is 135 cm³/mol. The second-order valence-corrected chi connectivity index (χ2v) is 8.93. The average Bonchev–Trinajstić information content (AvgIpc) is 3.27. The van der Waals surface area contributed by atoms with E-state index in [0.717, 1.165) is 28.4 Å². The minimum Gasteiger partial charge on any atom is -0.494 e. The Balaban J connectivity index is 1.52. The standard InChI is InChI=1S/C27H27FN4O2S/c1-3-34-24-15-13-23(14-16-24)32-25(17-20-7-5-4-6-8-20)29-30-27(32)35-19-26(33)31(2)18-21-9-11-22(28)12-10-21/h4-16H,3,17-19H2,1-2H3. The number of halogens is 1. The van der Waals surface area contributed by atoms with Crippen LogP contribution in [0.1, 0.15) is 23.9 Å². The van der Waals surface area contributed by atoms with E-state index in [9.17, 15) is 9.18 Å². The van der Waals surface area contributed by atoms with Gasteiger partial charge in [0.15, 0.2) is 5.16 Å². The van der Waals surface area contributed by atoms with Gasteiger partial charge in [-0.2, -0.15) is 0 Å². The van der Waals surface area contributed by atoms with Gasteiger partial charge in [0.25, 0.3) is 0 Å². The molecule has 180 valence electrons. The van der Waals surface area contributed by atoms with Crippen molar-refractivity contribution < 1.29 is 13.9 Å². The Morgan fingerprint density at radius 2 is 1.69 bits per heavy atom. The molecule has 1 amide bonds. The summed E-state index contributed by atoms with van der Waals surface area (Å²) in [6.07, 6.45) is 0.611. The minimum absolute atomic E-state index is 0.0508. The lowest BCUT2D eigenvalue weighted by atomic mass is 10.1. The van der Waals surface area contributed by atoms with E-state index in [2.05, 4.69) is 22.3 Å². The van der Waals surface area contributed by atoms with Crippen molar-refractivity contribution >= 4 is 17.7 Å². The molecule has 0 unspecified atom stereocenters. The third-order valence-corrected chi connectivity index (χ3v) is 6.31. The highest BCUT2D eigenvalue weighted by Gasteiger charge is 2.18. The van der Waals surface area contributed by atoms with E-state index in [-0.39, 0.29) is 17.5 Å². The summed E-state index contributed by atoms with van der Waals surface area (Å²) < 4.78 is 20.7. The summed E-state index contributed by atoms with van der Waals surface area (Å²) in [5.74, 6) is 1.44. The number of nitrogens with zero attached hydrogens (tertiary/aromatic N) is 4. The van der Waals surface area contributed by atoms with E-state index in [4.69, 9.17) is 4.74 Å². The van der Waals surface area contributed by atoms with Crippen LogP contribution in [0, 0.1) is 5.82 Å². The van der Waals surface area contributed by atoms with Crippen molar-refractivity contribution in [3.05, 3.63) is 102 Å². The SMILES string of the molecule is CCOc1ccc(-n2c(Cc3ccccc3)nnc2SCC(=O)N(C)Cc2ccc(F)cc2)cc1. The first-order chi connectivity index (χ1) is 17.0. The number of rotatable bonds is 10. The van der Waals surface area contributed by atoms with Crippen molar-refractivity contribution in [3.63, 3.8) is 0 Å². The largest absolute Gasteiger partial charge is 0.494 e. The molecule has 6 nitrogen and oxygen atoms in total. The summed E-state index contributed by atoms with van der Waals surface area (Å²) in [6.45, 7) is 2.95. The second-order valence-electron chi connectivity index (χ2n) is 7.99. The number of benzene rings is 3. The molecular formula is C27H27FN4O2S. The van der Waals surface area contributed by atoms with E-state index in [1.165, 1.54) is 23.9 Å². The normalized spacial score (nSPS) is 10.8. The van der Waals surface area contributed by atoms with Crippen LogP contribution in [0.15, 0.2) is 84.0 Å². The summed E-state index contributed by atoms with van der Waals surface area (Å²) in [6, 6.07) is 24.0. The Hall–Kier alpha value is -3.65. The molecule has 1 heterocycles. The molecule has 0 saturated heterocycles. The van der Waals surface area contributed by atoms with Crippen LogP contribution < -0.4 is 4.74 Å². The molecular weight excluding hydrogens is 463 g/mol. The number of hydrogen-bond acceptors (Lipinski definition) is 5. The third-order valence-electron chi connectivity index (χ3n) is 5.39. The summed E-state index contributed by atoms with van der Waals surface area (Å²) in [5, 5.41) is 9.49. The monoisotopic (exact) mass is 490 g/mol. The van der Waals surface area contributed by atoms with Crippen LogP contribution in [-0.2, 0) is 17.8 Å². The first-order valence-corrected chi connectivity index (χ1v) is 12.3. The molecule has 4 aromatic rings. The van der Waals surface area contributed by atoms with Crippen molar-refractivity contribution in [3.8, 4) is 11.4 Å². The topological polar surface area (TPSA) is 60.2 Å². The van der Waals surface area contributed by atoms with Crippen LogP contribution >= 0.6 is 11.8 Å². The van der Waals surface area contributed by atoms with Crippen molar-refractivity contribution in [2.45, 2.75) is 25.0 Å². The number of thioether (sulfide) groups is 1. The zero-order chi connectivity index (χ0) is 24.6. The van der Waals surface area contributed by atoms with Gasteiger partial charge in [-0.1, -0.05) is 54.2 Å². The first-order valence-electron chi connectivity index (χ1n) is 11.4. The molecule has 0 N–H and O–H groups in total. The highest BCUT2D eigenvalue weighted by Crippen LogP contribution is 2.25. The van der Waals surface area contributed by atoms with Crippen molar-refractivity contribution in [1.82, 2.24) is 19.7 Å². The van der Waals surface area contributed by atoms with Gasteiger partial charge in [-0.3, -0.25) is 9.36 Å². The van der Waals surface area contributed by atoms with Crippen LogP contribution in [0.25, 0.3) is 5.69 Å². The molecule has 1 aromatic heterocycles. The fourth-order valence-corrected chi connectivity index (χ4v) is 4.50. The van der Waals surface area contributed by atoms with Crippen molar-refractivity contribution in [2.75, 3.05) is 19.4 Å². The Labute approximate surface area is 208 Å². The molecule has 3 aromatic carbocycles. The summed E-state index contributed by atoms with van der Waals surface area (Å²) in [5.41, 5.74) is 2.90. The number of ether oxygens (including phenoxy) is 1. The van der Waals surface area contributed by atoms with Gasteiger partial charge in [0.1, 0.15) is 17.4 Å². The van der Waals surface area contributed by atoms with E-state index in [1.54, 1.807) is 24.1 Å². The Morgan fingerprint density at radius 3 is 2.37 bits per heavy atom. The number of amides is 1. The van der Waals surface area contributed by atoms with E-state index in [0.29, 0.717) is 24.7 Å². The van der Waals surface area contributed by atoms with Gasteiger partial charge in [0.05, 0.1) is 12.4 Å². The average molecular weight is 491 g/mol. The molecule has 0 bridgehead atoms. The molecule has 0 atom stereocenters. The van der Waals surface area contributed by atoms with Crippen molar-refractivity contribution in [1.29, 1.82) is 0 Å². The highest BCUT2D eigenvalue weighted by atomic mass is 32.2. The van der Waals surface area contributed by atoms with Gasteiger partial charge in [-0.05, 0) is 54.4 Å². The van der Waals surface area contributed by atoms with E-state index < -0.39 is 0 Å². The molecule has 0 aliphatic carbocycles. The molecule has 0 radical (unpaired) electrons. The molecule has 8 heteroatoms. The van der Waals surface area contributed by atoms with Gasteiger partial charge < -0.3 is 9.64 Å². The molecule has 0 saturated carbocycles. The predicted octanol–water partition coefficient (Wildman–Crippen LogP) is 5.15. The fraction of sp³-hybridized carbons (Fsp3) is 0.222. The number of carbonyl (C=O) groups excluding carboxylic acids is 1.